The molecule has 0 saturated carbocycles. The van der Waals surface area contributed by atoms with Crippen LogP contribution in [0.3, 0.4) is 0 Å². The van der Waals surface area contributed by atoms with Gasteiger partial charge in [0.1, 0.15) is 13.1 Å². The largest absolute Gasteiger partial charge is 0.348 e. The van der Waals surface area contributed by atoms with E-state index in [1.165, 1.54) is 16.7 Å². The summed E-state index contributed by atoms with van der Waals surface area (Å²) in [5.74, 6) is 0.444. The predicted octanol–water partition coefficient (Wildman–Crippen LogP) is 3.93. The lowest BCUT2D eigenvalue weighted by Crippen LogP contribution is -2.58. The van der Waals surface area contributed by atoms with Crippen LogP contribution in [0.15, 0.2) is 48.5 Å². The predicted molar refractivity (Wildman–Crippen MR) is 121 cm³/mol. The molecular formula is C26H35N2O2+. The lowest BCUT2D eigenvalue weighted by atomic mass is 9.92. The minimum absolute atomic E-state index is 0.00883. The van der Waals surface area contributed by atoms with E-state index in [0.29, 0.717) is 17.4 Å². The molecule has 4 nitrogen and oxygen atoms in total. The van der Waals surface area contributed by atoms with Gasteiger partial charge in [0.25, 0.3) is 0 Å². The Morgan fingerprint density at radius 2 is 1.67 bits per heavy atom. The van der Waals surface area contributed by atoms with Crippen molar-refractivity contribution in [1.29, 1.82) is 0 Å². The number of rotatable bonds is 7. The maximum Gasteiger partial charge on any atom is 0.230 e. The van der Waals surface area contributed by atoms with Crippen LogP contribution in [0.25, 0.3) is 0 Å². The number of ketones is 1. The van der Waals surface area contributed by atoms with Crippen LogP contribution in [-0.4, -0.2) is 54.8 Å². The molecule has 2 atom stereocenters. The average molecular weight is 408 g/mol. The summed E-state index contributed by atoms with van der Waals surface area (Å²) in [4.78, 5) is 27.7. The van der Waals surface area contributed by atoms with Crippen LogP contribution in [0, 0.1) is 19.8 Å². The van der Waals surface area contributed by atoms with Crippen molar-refractivity contribution in [2.45, 2.75) is 39.7 Å². The van der Waals surface area contributed by atoms with Crippen molar-refractivity contribution in [1.82, 2.24) is 4.90 Å². The minimum Gasteiger partial charge on any atom is -0.348 e. The lowest BCUT2D eigenvalue weighted by molar-refractivity contribution is -0.940. The topological polar surface area (TPSA) is 37.4 Å². The van der Waals surface area contributed by atoms with E-state index < -0.39 is 0 Å². The van der Waals surface area contributed by atoms with E-state index in [9.17, 15) is 9.59 Å². The molecule has 0 bridgehead atoms. The van der Waals surface area contributed by atoms with Gasteiger partial charge in [0, 0.05) is 26.1 Å². The number of hydrogen-bond acceptors (Lipinski definition) is 2. The number of piperidine rings is 1. The highest BCUT2D eigenvalue weighted by Gasteiger charge is 2.40. The van der Waals surface area contributed by atoms with Crippen molar-refractivity contribution >= 4 is 11.7 Å². The minimum atomic E-state index is -0.00883. The van der Waals surface area contributed by atoms with Gasteiger partial charge in [0.15, 0.2) is 5.78 Å². The highest BCUT2D eigenvalue weighted by Crippen LogP contribution is 2.28. The van der Waals surface area contributed by atoms with Crippen LogP contribution in [0.5, 0.6) is 0 Å². The highest BCUT2D eigenvalue weighted by molar-refractivity contribution is 5.83. The molecule has 0 N–H and O–H groups in total. The summed E-state index contributed by atoms with van der Waals surface area (Å²) in [6.07, 6.45) is 2.37. The first-order chi connectivity index (χ1) is 14.3. The fraction of sp³-hybridized carbons (Fsp3) is 0.462. The van der Waals surface area contributed by atoms with Gasteiger partial charge in [0.05, 0.1) is 19.0 Å². The SMILES string of the molecule is Cc1cccc(C)c1CC(=O)C[N+]1(Cc2ccccc2)CCCC(C(=O)N(C)C)C1. The molecule has 3 rings (SSSR count). The van der Waals surface area contributed by atoms with Crippen molar-refractivity contribution in [3.8, 4) is 0 Å². The number of benzene rings is 2. The summed E-state index contributed by atoms with van der Waals surface area (Å²) in [6, 6.07) is 16.6. The number of carbonyl (C=O) groups excluding carboxylic acids is 2. The highest BCUT2D eigenvalue weighted by atomic mass is 16.2. The van der Waals surface area contributed by atoms with E-state index in [4.69, 9.17) is 0 Å². The van der Waals surface area contributed by atoms with Crippen LogP contribution in [0.2, 0.25) is 0 Å². The summed E-state index contributed by atoms with van der Waals surface area (Å²) >= 11 is 0. The van der Waals surface area contributed by atoms with Gasteiger partial charge >= 0.3 is 0 Å². The Morgan fingerprint density at radius 3 is 2.30 bits per heavy atom. The van der Waals surface area contributed by atoms with Crippen LogP contribution in [-0.2, 0) is 22.6 Å². The molecule has 1 amide bonds. The number of likely N-dealkylation sites (tertiary alicyclic amines) is 1. The van der Waals surface area contributed by atoms with Crippen molar-refractivity contribution in [3.05, 3.63) is 70.8 Å². The summed E-state index contributed by atoms with van der Waals surface area (Å²) < 4.78 is 0.679. The molecule has 2 aromatic carbocycles. The van der Waals surface area contributed by atoms with Gasteiger partial charge in [-0.15, -0.1) is 0 Å². The molecule has 0 aliphatic carbocycles. The van der Waals surface area contributed by atoms with Gasteiger partial charge in [-0.05, 0) is 43.4 Å². The van der Waals surface area contributed by atoms with Crippen LogP contribution in [0.1, 0.15) is 35.1 Å². The Labute approximate surface area is 181 Å². The molecule has 30 heavy (non-hydrogen) atoms. The van der Waals surface area contributed by atoms with Crippen LogP contribution < -0.4 is 0 Å². The van der Waals surface area contributed by atoms with Crippen molar-refractivity contribution in [3.63, 3.8) is 0 Å². The molecule has 1 aliphatic rings. The molecule has 2 aromatic rings. The van der Waals surface area contributed by atoms with Crippen LogP contribution >= 0.6 is 0 Å². The molecule has 1 aliphatic heterocycles. The maximum absolute atomic E-state index is 13.3. The third kappa shape index (κ3) is 5.37. The first kappa shape index (κ1) is 22.2. The molecular weight excluding hydrogens is 372 g/mol. The Kier molecular flexibility index (Phi) is 7.09. The quantitative estimate of drug-likeness (QED) is 0.652. The average Bonchev–Trinajstić information content (AvgIpc) is 2.71. The maximum atomic E-state index is 13.3. The number of carbonyl (C=O) groups is 2. The van der Waals surface area contributed by atoms with Crippen molar-refractivity contribution in [2.24, 2.45) is 5.92 Å². The molecule has 1 heterocycles. The van der Waals surface area contributed by atoms with E-state index >= 15 is 0 Å². The van der Waals surface area contributed by atoms with Gasteiger partial charge < -0.3 is 9.38 Å². The first-order valence-electron chi connectivity index (χ1n) is 11.0. The van der Waals surface area contributed by atoms with E-state index in [1.54, 1.807) is 4.90 Å². The van der Waals surface area contributed by atoms with Gasteiger partial charge in [0.2, 0.25) is 5.91 Å². The second-order valence-electron chi connectivity index (χ2n) is 9.21. The first-order valence-corrected chi connectivity index (χ1v) is 11.0. The molecule has 160 valence electrons. The molecule has 0 aromatic heterocycles. The number of hydrogen-bond donors (Lipinski definition) is 0. The standard InChI is InChI=1S/C26H35N2O2/c1-20-10-8-11-21(2)25(20)16-24(29)19-28(17-22-12-6-5-7-13-22)15-9-14-23(18-28)26(30)27(3)4/h5-8,10-13,23H,9,14-19H2,1-4H3/q+1. The van der Waals surface area contributed by atoms with Gasteiger partial charge in [-0.3, -0.25) is 9.59 Å². The summed E-state index contributed by atoms with van der Waals surface area (Å²) in [7, 11) is 3.66. The third-order valence-electron chi connectivity index (χ3n) is 6.47. The number of Topliss-reactive ketones (excluding diaryl/α,β-unsaturated/α-hetero) is 1. The smallest absolute Gasteiger partial charge is 0.230 e. The number of amides is 1. The van der Waals surface area contributed by atoms with Gasteiger partial charge in [-0.25, -0.2) is 0 Å². The molecule has 2 unspecified atom stereocenters. The summed E-state index contributed by atoms with van der Waals surface area (Å²) in [6.45, 7) is 7.14. The van der Waals surface area contributed by atoms with Gasteiger partial charge in [-0.2, -0.15) is 0 Å². The zero-order valence-corrected chi connectivity index (χ0v) is 18.9. The Bertz CT molecular complexity index is 871. The van der Waals surface area contributed by atoms with Crippen molar-refractivity contribution < 1.29 is 14.1 Å². The normalized spacial score (nSPS) is 21.3. The number of nitrogens with zero attached hydrogens (tertiary/aromatic N) is 2. The van der Waals surface area contributed by atoms with E-state index in [0.717, 1.165) is 38.0 Å². The van der Waals surface area contributed by atoms with E-state index in [1.807, 2.05) is 26.2 Å². The zero-order valence-electron chi connectivity index (χ0n) is 18.9. The second kappa shape index (κ2) is 9.57. The third-order valence-corrected chi connectivity index (χ3v) is 6.47. The summed E-state index contributed by atoms with van der Waals surface area (Å²) in [5.41, 5.74) is 4.74. The molecule has 0 radical (unpaired) electrons. The van der Waals surface area contributed by atoms with E-state index in [2.05, 4.69) is 50.2 Å². The number of quaternary nitrogens is 1. The Hall–Kier alpha value is -2.46. The van der Waals surface area contributed by atoms with Crippen molar-refractivity contribution in [2.75, 3.05) is 33.7 Å². The molecule has 1 saturated heterocycles. The molecule has 4 heteroatoms. The number of aryl methyl sites for hydroxylation is 2. The molecule has 0 spiro atoms. The lowest BCUT2D eigenvalue weighted by Gasteiger charge is -2.44. The monoisotopic (exact) mass is 407 g/mol. The fourth-order valence-electron chi connectivity index (χ4n) is 4.96. The Morgan fingerprint density at radius 1 is 1.00 bits per heavy atom. The summed E-state index contributed by atoms with van der Waals surface area (Å²) in [5, 5.41) is 0. The van der Waals surface area contributed by atoms with E-state index in [-0.39, 0.29) is 17.6 Å². The fourth-order valence-corrected chi connectivity index (χ4v) is 4.96. The zero-order chi connectivity index (χ0) is 21.7. The van der Waals surface area contributed by atoms with Gasteiger partial charge in [-0.1, -0.05) is 48.5 Å². The Balaban J connectivity index is 1.84. The second-order valence-corrected chi connectivity index (χ2v) is 9.21. The molecule has 1 fully saturated rings. The van der Waals surface area contributed by atoms with Crippen LogP contribution in [0.4, 0.5) is 0 Å².